The van der Waals surface area contributed by atoms with Gasteiger partial charge in [0.05, 0.1) is 33.0 Å². The van der Waals surface area contributed by atoms with Crippen LogP contribution in [0.3, 0.4) is 0 Å². The summed E-state index contributed by atoms with van der Waals surface area (Å²) in [7, 11) is 0. The molecule has 0 saturated heterocycles. The molecular formula is C14H29N3O4. The Morgan fingerprint density at radius 2 is 1.76 bits per heavy atom. The Morgan fingerprint density at radius 3 is 2.38 bits per heavy atom. The number of hydrogen-bond donors (Lipinski definition) is 3. The van der Waals surface area contributed by atoms with E-state index in [2.05, 4.69) is 17.7 Å². The second kappa shape index (κ2) is 16.9. The monoisotopic (exact) mass is 303 g/mol. The molecule has 0 aliphatic carbocycles. The van der Waals surface area contributed by atoms with Gasteiger partial charge in [0.1, 0.15) is 12.9 Å². The SMILES string of the molecule is CCCC/C(=C/NCCOCCOCCOCC=O)NN. The molecule has 7 heteroatoms. The van der Waals surface area contributed by atoms with Crippen LogP contribution in [0.15, 0.2) is 11.9 Å². The number of nitrogens with one attached hydrogen (secondary N) is 2. The van der Waals surface area contributed by atoms with Crippen molar-refractivity contribution in [3.05, 3.63) is 11.9 Å². The Bertz CT molecular complexity index is 263. The summed E-state index contributed by atoms with van der Waals surface area (Å²) in [6.45, 7) is 5.55. The van der Waals surface area contributed by atoms with Crippen molar-refractivity contribution in [2.75, 3.05) is 46.2 Å². The van der Waals surface area contributed by atoms with Gasteiger partial charge in [-0.3, -0.25) is 5.84 Å². The van der Waals surface area contributed by atoms with E-state index in [-0.39, 0.29) is 6.61 Å². The maximum absolute atomic E-state index is 9.97. The molecule has 0 rings (SSSR count). The molecule has 0 bridgehead atoms. The van der Waals surface area contributed by atoms with Crippen molar-refractivity contribution in [2.24, 2.45) is 5.84 Å². The second-order valence-electron chi connectivity index (χ2n) is 4.34. The first-order valence-electron chi connectivity index (χ1n) is 7.41. The average Bonchev–Trinajstić information content (AvgIpc) is 2.51. The summed E-state index contributed by atoms with van der Waals surface area (Å²) < 4.78 is 15.6. The van der Waals surface area contributed by atoms with Crippen LogP contribution in [-0.2, 0) is 19.0 Å². The third kappa shape index (κ3) is 15.1. The molecule has 0 aromatic rings. The zero-order valence-corrected chi connectivity index (χ0v) is 12.9. The fraction of sp³-hybridized carbons (Fsp3) is 0.786. The molecule has 0 unspecified atom stereocenters. The molecule has 0 aromatic heterocycles. The molecule has 0 heterocycles. The highest BCUT2D eigenvalue weighted by molar-refractivity contribution is 5.50. The first-order chi connectivity index (χ1) is 10.3. The number of unbranched alkanes of at least 4 members (excludes halogenated alkanes) is 1. The maximum atomic E-state index is 9.97. The van der Waals surface area contributed by atoms with Crippen molar-refractivity contribution in [3.63, 3.8) is 0 Å². The summed E-state index contributed by atoms with van der Waals surface area (Å²) in [5.74, 6) is 5.42. The van der Waals surface area contributed by atoms with Crippen LogP contribution in [0.4, 0.5) is 0 Å². The molecule has 0 amide bonds. The minimum absolute atomic E-state index is 0.122. The van der Waals surface area contributed by atoms with Gasteiger partial charge in [0.2, 0.25) is 0 Å². The first-order valence-corrected chi connectivity index (χ1v) is 7.41. The minimum atomic E-state index is 0.122. The molecule has 21 heavy (non-hydrogen) atoms. The molecule has 0 spiro atoms. The summed E-state index contributed by atoms with van der Waals surface area (Å²) in [4.78, 5) is 9.97. The van der Waals surface area contributed by atoms with Gasteiger partial charge >= 0.3 is 0 Å². The number of nitrogens with two attached hydrogens (primary N) is 1. The highest BCUT2D eigenvalue weighted by atomic mass is 16.5. The number of hydrogen-bond acceptors (Lipinski definition) is 7. The van der Waals surface area contributed by atoms with Gasteiger partial charge in [-0.15, -0.1) is 0 Å². The summed E-state index contributed by atoms with van der Waals surface area (Å²) in [5, 5.41) is 3.15. The lowest BCUT2D eigenvalue weighted by atomic mass is 10.2. The van der Waals surface area contributed by atoms with Crippen molar-refractivity contribution >= 4 is 6.29 Å². The second-order valence-corrected chi connectivity index (χ2v) is 4.34. The molecule has 4 N–H and O–H groups in total. The number of ether oxygens (including phenoxy) is 3. The summed E-state index contributed by atoms with van der Waals surface area (Å²) >= 11 is 0. The van der Waals surface area contributed by atoms with Crippen LogP contribution in [0.5, 0.6) is 0 Å². The minimum Gasteiger partial charge on any atom is -0.387 e. The van der Waals surface area contributed by atoms with Crippen molar-refractivity contribution in [1.29, 1.82) is 0 Å². The molecule has 0 aliphatic heterocycles. The Labute approximate surface area is 127 Å². The van der Waals surface area contributed by atoms with E-state index in [4.69, 9.17) is 20.1 Å². The molecular weight excluding hydrogens is 274 g/mol. The van der Waals surface area contributed by atoms with E-state index in [1.165, 1.54) is 0 Å². The summed E-state index contributed by atoms with van der Waals surface area (Å²) in [6.07, 6.45) is 5.81. The normalized spacial score (nSPS) is 11.4. The highest BCUT2D eigenvalue weighted by Crippen LogP contribution is 2.01. The lowest BCUT2D eigenvalue weighted by molar-refractivity contribution is -0.112. The number of rotatable bonds is 16. The van der Waals surface area contributed by atoms with E-state index in [0.717, 1.165) is 37.8 Å². The molecule has 0 aliphatic rings. The summed E-state index contributed by atoms with van der Waals surface area (Å²) in [6, 6.07) is 0. The fourth-order valence-electron chi connectivity index (χ4n) is 1.45. The zero-order valence-electron chi connectivity index (χ0n) is 12.9. The van der Waals surface area contributed by atoms with Gasteiger partial charge in [-0.25, -0.2) is 0 Å². The number of aldehydes is 1. The van der Waals surface area contributed by atoms with Crippen LogP contribution < -0.4 is 16.6 Å². The van der Waals surface area contributed by atoms with Crippen molar-refractivity contribution in [3.8, 4) is 0 Å². The van der Waals surface area contributed by atoms with Gasteiger partial charge in [0.25, 0.3) is 0 Å². The number of carbonyl (C=O) groups is 1. The predicted octanol–water partition coefficient (Wildman–Crippen LogP) is 0.320. The maximum Gasteiger partial charge on any atom is 0.145 e. The van der Waals surface area contributed by atoms with E-state index in [1.54, 1.807) is 0 Å². The van der Waals surface area contributed by atoms with Crippen molar-refractivity contribution in [1.82, 2.24) is 10.7 Å². The van der Waals surface area contributed by atoms with Crippen LogP contribution in [0.2, 0.25) is 0 Å². The molecule has 7 nitrogen and oxygen atoms in total. The number of allylic oxidation sites excluding steroid dienone is 1. The number of hydrazine groups is 1. The van der Waals surface area contributed by atoms with E-state index in [0.29, 0.717) is 33.0 Å². The van der Waals surface area contributed by atoms with Gasteiger partial charge in [0, 0.05) is 18.4 Å². The molecule has 0 atom stereocenters. The van der Waals surface area contributed by atoms with Crippen molar-refractivity contribution in [2.45, 2.75) is 26.2 Å². The standard InChI is InChI=1S/C14H29N3O4/c1-2-3-4-14(17-15)13-16-5-7-19-9-11-21-12-10-20-8-6-18/h6,13,16-17H,2-5,7-12,15H2,1H3/b14-13-. The van der Waals surface area contributed by atoms with Crippen LogP contribution in [0.1, 0.15) is 26.2 Å². The quantitative estimate of drug-likeness (QED) is 0.164. The zero-order chi connectivity index (χ0) is 15.6. The first kappa shape index (κ1) is 19.9. The molecule has 0 saturated carbocycles. The van der Waals surface area contributed by atoms with Gasteiger partial charge in [-0.05, 0) is 12.8 Å². The molecule has 0 aromatic carbocycles. The average molecular weight is 303 g/mol. The third-order valence-corrected chi connectivity index (χ3v) is 2.58. The van der Waals surface area contributed by atoms with Crippen LogP contribution in [0.25, 0.3) is 0 Å². The van der Waals surface area contributed by atoms with Gasteiger partial charge in [-0.2, -0.15) is 0 Å². The van der Waals surface area contributed by atoms with Crippen LogP contribution >= 0.6 is 0 Å². The lowest BCUT2D eigenvalue weighted by Crippen LogP contribution is -2.24. The molecule has 0 fully saturated rings. The Hall–Kier alpha value is -1.15. The van der Waals surface area contributed by atoms with Crippen LogP contribution in [-0.4, -0.2) is 52.5 Å². The van der Waals surface area contributed by atoms with Gasteiger partial charge < -0.3 is 29.7 Å². The summed E-state index contributed by atoms with van der Waals surface area (Å²) in [5.41, 5.74) is 3.68. The topological polar surface area (TPSA) is 94.8 Å². The van der Waals surface area contributed by atoms with Crippen molar-refractivity contribution < 1.29 is 19.0 Å². The predicted molar refractivity (Wildman–Crippen MR) is 81.5 cm³/mol. The lowest BCUT2D eigenvalue weighted by Gasteiger charge is -2.08. The fourth-order valence-corrected chi connectivity index (χ4v) is 1.45. The molecule has 0 radical (unpaired) electrons. The largest absolute Gasteiger partial charge is 0.387 e. The van der Waals surface area contributed by atoms with Gasteiger partial charge in [0.15, 0.2) is 0 Å². The third-order valence-electron chi connectivity index (χ3n) is 2.58. The van der Waals surface area contributed by atoms with E-state index < -0.39 is 0 Å². The van der Waals surface area contributed by atoms with Gasteiger partial charge in [-0.1, -0.05) is 13.3 Å². The Morgan fingerprint density at radius 1 is 1.10 bits per heavy atom. The smallest absolute Gasteiger partial charge is 0.145 e. The highest BCUT2D eigenvalue weighted by Gasteiger charge is 1.94. The van der Waals surface area contributed by atoms with E-state index in [1.807, 2.05) is 6.20 Å². The van der Waals surface area contributed by atoms with Crippen LogP contribution in [0, 0.1) is 0 Å². The Balaban J connectivity index is 3.27. The molecule has 124 valence electrons. The van der Waals surface area contributed by atoms with E-state index >= 15 is 0 Å². The van der Waals surface area contributed by atoms with E-state index in [9.17, 15) is 4.79 Å². The Kier molecular flexibility index (Phi) is 16.0. The number of carbonyl (C=O) groups excluding carboxylic acids is 1.